The van der Waals surface area contributed by atoms with E-state index in [1.165, 1.54) is 43.5 Å². The Balaban J connectivity index is 2.13. The van der Waals surface area contributed by atoms with Crippen LogP contribution < -0.4 is 4.90 Å². The van der Waals surface area contributed by atoms with Crippen molar-refractivity contribution in [2.75, 3.05) is 4.90 Å². The van der Waals surface area contributed by atoms with Crippen molar-refractivity contribution in [3.63, 3.8) is 0 Å². The first-order valence-electron chi connectivity index (χ1n) is 8.22. The Labute approximate surface area is 129 Å². The maximum atomic E-state index is 2.46. The standard InChI is InChI=1S/C20H27N/c1-3-4-5-8-13-18(2)21(19-14-9-6-10-15-19)20-16-11-7-12-17-20/h6-7,9-12,14-18H,3-5,8,13H2,1-2H3. The number of rotatable bonds is 8. The molecule has 0 saturated heterocycles. The highest BCUT2D eigenvalue weighted by atomic mass is 15.2. The van der Waals surface area contributed by atoms with Gasteiger partial charge in [-0.25, -0.2) is 0 Å². The number of para-hydroxylation sites is 2. The third kappa shape index (κ3) is 4.63. The van der Waals surface area contributed by atoms with E-state index >= 15 is 0 Å². The number of anilines is 2. The second-order valence-electron chi connectivity index (χ2n) is 5.74. The molecule has 0 heterocycles. The van der Waals surface area contributed by atoms with Crippen LogP contribution in [0, 0.1) is 0 Å². The number of unbranched alkanes of at least 4 members (excludes halogenated alkanes) is 3. The highest BCUT2D eigenvalue weighted by molar-refractivity contribution is 5.63. The summed E-state index contributed by atoms with van der Waals surface area (Å²) in [6.07, 6.45) is 6.55. The summed E-state index contributed by atoms with van der Waals surface area (Å²) in [5.41, 5.74) is 2.57. The molecular formula is C20H27N. The van der Waals surface area contributed by atoms with Crippen molar-refractivity contribution in [2.24, 2.45) is 0 Å². The van der Waals surface area contributed by atoms with Crippen LogP contribution in [0.15, 0.2) is 60.7 Å². The van der Waals surface area contributed by atoms with Gasteiger partial charge in [-0.05, 0) is 37.6 Å². The van der Waals surface area contributed by atoms with Crippen molar-refractivity contribution < 1.29 is 0 Å². The first kappa shape index (κ1) is 15.6. The van der Waals surface area contributed by atoms with Gasteiger partial charge in [0.1, 0.15) is 0 Å². The van der Waals surface area contributed by atoms with Gasteiger partial charge in [0.05, 0.1) is 0 Å². The Bertz CT molecular complexity index is 452. The Hall–Kier alpha value is -1.76. The Morgan fingerprint density at radius 2 is 1.29 bits per heavy atom. The third-order valence-electron chi connectivity index (χ3n) is 3.98. The van der Waals surface area contributed by atoms with Crippen LogP contribution in [0.1, 0.15) is 46.0 Å². The van der Waals surface area contributed by atoms with E-state index in [0.29, 0.717) is 6.04 Å². The zero-order valence-electron chi connectivity index (χ0n) is 13.3. The van der Waals surface area contributed by atoms with Gasteiger partial charge in [0.25, 0.3) is 0 Å². The lowest BCUT2D eigenvalue weighted by atomic mass is 10.1. The van der Waals surface area contributed by atoms with Gasteiger partial charge in [-0.15, -0.1) is 0 Å². The van der Waals surface area contributed by atoms with Gasteiger partial charge in [0, 0.05) is 17.4 Å². The minimum Gasteiger partial charge on any atom is -0.339 e. The van der Waals surface area contributed by atoms with Crippen LogP contribution in [0.3, 0.4) is 0 Å². The highest BCUT2D eigenvalue weighted by Gasteiger charge is 2.15. The Kier molecular flexibility index (Phi) is 6.33. The van der Waals surface area contributed by atoms with Crippen LogP contribution >= 0.6 is 0 Å². The molecule has 112 valence electrons. The maximum absolute atomic E-state index is 2.46. The molecule has 0 aliphatic rings. The van der Waals surface area contributed by atoms with E-state index in [-0.39, 0.29) is 0 Å². The minimum atomic E-state index is 0.520. The molecule has 0 amide bonds. The van der Waals surface area contributed by atoms with E-state index in [1.807, 2.05) is 0 Å². The molecule has 1 atom stereocenters. The van der Waals surface area contributed by atoms with E-state index < -0.39 is 0 Å². The van der Waals surface area contributed by atoms with Gasteiger partial charge >= 0.3 is 0 Å². The van der Waals surface area contributed by atoms with Crippen LogP contribution in [0.5, 0.6) is 0 Å². The van der Waals surface area contributed by atoms with Crippen molar-refractivity contribution >= 4 is 11.4 Å². The number of benzene rings is 2. The predicted octanol–water partition coefficient (Wildman–Crippen LogP) is 6.18. The molecule has 0 aromatic heterocycles. The molecule has 0 saturated carbocycles. The highest BCUT2D eigenvalue weighted by Crippen LogP contribution is 2.29. The summed E-state index contributed by atoms with van der Waals surface area (Å²) < 4.78 is 0. The summed E-state index contributed by atoms with van der Waals surface area (Å²) in [5.74, 6) is 0. The number of nitrogens with zero attached hydrogens (tertiary/aromatic N) is 1. The molecule has 1 nitrogen and oxygen atoms in total. The average Bonchev–Trinajstić information content (AvgIpc) is 2.54. The summed E-state index contributed by atoms with van der Waals surface area (Å²) in [4.78, 5) is 2.46. The quantitative estimate of drug-likeness (QED) is 0.522. The lowest BCUT2D eigenvalue weighted by Crippen LogP contribution is -2.28. The molecular weight excluding hydrogens is 254 g/mol. The fourth-order valence-corrected chi connectivity index (χ4v) is 2.83. The van der Waals surface area contributed by atoms with Gasteiger partial charge < -0.3 is 4.90 Å². The van der Waals surface area contributed by atoms with Crippen molar-refractivity contribution in [2.45, 2.75) is 52.0 Å². The molecule has 2 aromatic carbocycles. The molecule has 2 rings (SSSR count). The summed E-state index contributed by atoms with van der Waals surface area (Å²) in [7, 11) is 0. The van der Waals surface area contributed by atoms with Crippen molar-refractivity contribution in [3.8, 4) is 0 Å². The average molecular weight is 281 g/mol. The maximum Gasteiger partial charge on any atom is 0.0413 e. The minimum absolute atomic E-state index is 0.520. The van der Waals surface area contributed by atoms with Gasteiger partial charge in [0.15, 0.2) is 0 Å². The second kappa shape index (κ2) is 8.51. The van der Waals surface area contributed by atoms with Gasteiger partial charge in [0.2, 0.25) is 0 Å². The molecule has 1 heteroatoms. The van der Waals surface area contributed by atoms with Gasteiger partial charge in [-0.1, -0.05) is 69.0 Å². The summed E-state index contributed by atoms with van der Waals surface area (Å²) in [6.45, 7) is 4.61. The summed E-state index contributed by atoms with van der Waals surface area (Å²) in [5, 5.41) is 0. The van der Waals surface area contributed by atoms with Crippen LogP contribution in [0.25, 0.3) is 0 Å². The lowest BCUT2D eigenvalue weighted by molar-refractivity contribution is 0.567. The fraction of sp³-hybridized carbons (Fsp3) is 0.400. The van der Waals surface area contributed by atoms with Gasteiger partial charge in [-0.3, -0.25) is 0 Å². The third-order valence-corrected chi connectivity index (χ3v) is 3.98. The SMILES string of the molecule is CCCCCCC(C)N(c1ccccc1)c1ccccc1. The topological polar surface area (TPSA) is 3.24 Å². The lowest BCUT2D eigenvalue weighted by Gasteiger charge is -2.31. The molecule has 0 fully saturated rings. The zero-order chi connectivity index (χ0) is 14.9. The van der Waals surface area contributed by atoms with Crippen LogP contribution in [-0.4, -0.2) is 6.04 Å². The van der Waals surface area contributed by atoms with E-state index in [1.54, 1.807) is 0 Å². The van der Waals surface area contributed by atoms with Crippen LogP contribution in [0.2, 0.25) is 0 Å². The largest absolute Gasteiger partial charge is 0.339 e. The summed E-state index contributed by atoms with van der Waals surface area (Å²) in [6, 6.07) is 22.0. The molecule has 0 aliphatic carbocycles. The molecule has 2 aromatic rings. The Morgan fingerprint density at radius 1 is 0.762 bits per heavy atom. The van der Waals surface area contributed by atoms with Crippen LogP contribution in [0.4, 0.5) is 11.4 Å². The van der Waals surface area contributed by atoms with Crippen molar-refractivity contribution in [1.29, 1.82) is 0 Å². The molecule has 0 spiro atoms. The molecule has 0 radical (unpaired) electrons. The summed E-state index contributed by atoms with van der Waals surface area (Å²) >= 11 is 0. The smallest absolute Gasteiger partial charge is 0.0413 e. The van der Waals surface area contributed by atoms with Crippen LogP contribution in [-0.2, 0) is 0 Å². The zero-order valence-corrected chi connectivity index (χ0v) is 13.3. The molecule has 21 heavy (non-hydrogen) atoms. The molecule has 0 N–H and O–H groups in total. The first-order chi connectivity index (χ1) is 10.3. The monoisotopic (exact) mass is 281 g/mol. The Morgan fingerprint density at radius 3 is 1.76 bits per heavy atom. The van der Waals surface area contributed by atoms with Gasteiger partial charge in [-0.2, -0.15) is 0 Å². The second-order valence-corrected chi connectivity index (χ2v) is 5.74. The van der Waals surface area contributed by atoms with E-state index in [2.05, 4.69) is 79.4 Å². The molecule has 0 aliphatic heterocycles. The van der Waals surface area contributed by atoms with Crippen molar-refractivity contribution in [3.05, 3.63) is 60.7 Å². The number of hydrogen-bond acceptors (Lipinski definition) is 1. The predicted molar refractivity (Wildman–Crippen MR) is 93.2 cm³/mol. The molecule has 1 unspecified atom stereocenters. The van der Waals surface area contributed by atoms with E-state index in [0.717, 1.165) is 0 Å². The van der Waals surface area contributed by atoms with E-state index in [4.69, 9.17) is 0 Å². The van der Waals surface area contributed by atoms with Crippen molar-refractivity contribution in [1.82, 2.24) is 0 Å². The van der Waals surface area contributed by atoms with E-state index in [9.17, 15) is 0 Å². The fourth-order valence-electron chi connectivity index (χ4n) is 2.83. The normalized spacial score (nSPS) is 12.1. The molecule has 0 bridgehead atoms. The first-order valence-corrected chi connectivity index (χ1v) is 8.22. The number of hydrogen-bond donors (Lipinski definition) is 0.